The Hall–Kier alpha value is -1.84. The number of hydrogen-bond donors (Lipinski definition) is 1. The van der Waals surface area contributed by atoms with Crippen molar-refractivity contribution in [3.05, 3.63) is 35.4 Å². The molecule has 2 N–H and O–H groups in total. The Balaban J connectivity index is 2.08. The van der Waals surface area contributed by atoms with Gasteiger partial charge in [0.05, 0.1) is 0 Å². The molecule has 3 rings (SSSR count). The first-order valence-electron chi connectivity index (χ1n) is 7.74. The van der Waals surface area contributed by atoms with Crippen molar-refractivity contribution in [3.8, 4) is 11.3 Å². The summed E-state index contributed by atoms with van der Waals surface area (Å²) in [5, 5.41) is 0. The summed E-state index contributed by atoms with van der Waals surface area (Å²) in [5.41, 5.74) is 8.90. The molecule has 112 valence electrons. The van der Waals surface area contributed by atoms with Gasteiger partial charge in [0, 0.05) is 18.0 Å². The second kappa shape index (κ2) is 5.51. The first kappa shape index (κ1) is 14.1. The van der Waals surface area contributed by atoms with Crippen LogP contribution >= 0.6 is 0 Å². The Kier molecular flexibility index (Phi) is 3.70. The second-order valence-corrected chi connectivity index (χ2v) is 5.94. The van der Waals surface area contributed by atoms with E-state index in [1.165, 1.54) is 25.0 Å². The number of nitrogen functional groups attached to an aromatic ring is 1. The van der Waals surface area contributed by atoms with Gasteiger partial charge in [0.15, 0.2) is 0 Å². The number of aromatic nitrogens is 2. The number of unbranched alkanes of at least 4 members (excludes halogenated alkanes) is 1. The molecule has 1 heterocycles. The fourth-order valence-corrected chi connectivity index (χ4v) is 2.74. The summed E-state index contributed by atoms with van der Waals surface area (Å²) in [4.78, 5) is 4.77. The van der Waals surface area contributed by atoms with E-state index < -0.39 is 0 Å². The van der Waals surface area contributed by atoms with Gasteiger partial charge in [0.25, 0.3) is 0 Å². The van der Waals surface area contributed by atoms with E-state index in [4.69, 9.17) is 10.7 Å². The maximum atomic E-state index is 13.6. The van der Waals surface area contributed by atoms with Crippen molar-refractivity contribution in [2.45, 2.75) is 52.0 Å². The van der Waals surface area contributed by atoms with Crippen LogP contribution in [0.2, 0.25) is 0 Å². The summed E-state index contributed by atoms with van der Waals surface area (Å²) in [6.45, 7) is 5.03. The molecule has 0 spiro atoms. The molecule has 0 saturated heterocycles. The average molecular weight is 287 g/mol. The van der Waals surface area contributed by atoms with E-state index in [-0.39, 0.29) is 5.82 Å². The molecule has 0 aliphatic heterocycles. The van der Waals surface area contributed by atoms with Gasteiger partial charge in [-0.2, -0.15) is 0 Å². The maximum absolute atomic E-state index is 13.6. The summed E-state index contributed by atoms with van der Waals surface area (Å²) in [7, 11) is 0. The molecular weight excluding hydrogens is 265 g/mol. The maximum Gasteiger partial charge on any atom is 0.131 e. The first-order chi connectivity index (χ1) is 10.1. The molecule has 1 aromatic carbocycles. The average Bonchev–Trinajstić information content (AvgIpc) is 3.25. The fourth-order valence-electron chi connectivity index (χ4n) is 2.74. The smallest absolute Gasteiger partial charge is 0.131 e. The van der Waals surface area contributed by atoms with Crippen LogP contribution < -0.4 is 5.73 Å². The quantitative estimate of drug-likeness (QED) is 0.893. The Morgan fingerprint density at radius 1 is 1.38 bits per heavy atom. The molecule has 1 aliphatic carbocycles. The molecule has 0 atom stereocenters. The molecule has 1 aromatic heterocycles. The molecule has 0 radical (unpaired) electrons. The predicted octanol–water partition coefficient (Wildman–Crippen LogP) is 4.26. The van der Waals surface area contributed by atoms with Crippen molar-refractivity contribution < 1.29 is 4.39 Å². The van der Waals surface area contributed by atoms with E-state index in [0.29, 0.717) is 11.7 Å². The molecule has 4 heteroatoms. The minimum atomic E-state index is -0.244. The van der Waals surface area contributed by atoms with Crippen LogP contribution in [0.1, 0.15) is 49.9 Å². The van der Waals surface area contributed by atoms with Gasteiger partial charge < -0.3 is 10.3 Å². The van der Waals surface area contributed by atoms with Crippen LogP contribution in [0.3, 0.4) is 0 Å². The number of benzene rings is 1. The normalized spacial score (nSPS) is 14.6. The van der Waals surface area contributed by atoms with Gasteiger partial charge in [-0.25, -0.2) is 9.37 Å². The molecule has 21 heavy (non-hydrogen) atoms. The summed E-state index contributed by atoms with van der Waals surface area (Å²) < 4.78 is 15.7. The van der Waals surface area contributed by atoms with Crippen molar-refractivity contribution in [1.29, 1.82) is 0 Å². The topological polar surface area (TPSA) is 43.8 Å². The first-order valence-corrected chi connectivity index (χ1v) is 7.74. The molecule has 0 amide bonds. The van der Waals surface area contributed by atoms with Gasteiger partial charge in [0.1, 0.15) is 23.2 Å². The Bertz CT molecular complexity index is 656. The Morgan fingerprint density at radius 3 is 2.81 bits per heavy atom. The zero-order valence-electron chi connectivity index (χ0n) is 12.7. The number of hydrogen-bond acceptors (Lipinski definition) is 2. The van der Waals surface area contributed by atoms with Crippen molar-refractivity contribution >= 4 is 5.82 Å². The summed E-state index contributed by atoms with van der Waals surface area (Å²) in [6.07, 6.45) is 4.58. The van der Waals surface area contributed by atoms with Crippen LogP contribution in [0.25, 0.3) is 11.3 Å². The van der Waals surface area contributed by atoms with Crippen LogP contribution in [0, 0.1) is 12.7 Å². The third-order valence-corrected chi connectivity index (χ3v) is 4.17. The van der Waals surface area contributed by atoms with E-state index >= 15 is 0 Å². The monoisotopic (exact) mass is 287 g/mol. The summed E-state index contributed by atoms with van der Waals surface area (Å²) >= 11 is 0. The number of rotatable bonds is 5. The number of nitrogens with two attached hydrogens (primary N) is 1. The van der Waals surface area contributed by atoms with Crippen molar-refractivity contribution in [2.75, 3.05) is 5.73 Å². The van der Waals surface area contributed by atoms with Gasteiger partial charge in [-0.3, -0.25) is 0 Å². The number of anilines is 1. The van der Waals surface area contributed by atoms with Crippen LogP contribution in [-0.2, 0) is 6.54 Å². The molecular formula is C17H22FN3. The third kappa shape index (κ3) is 2.67. The molecule has 1 fully saturated rings. The van der Waals surface area contributed by atoms with Crippen molar-refractivity contribution in [3.63, 3.8) is 0 Å². The van der Waals surface area contributed by atoms with E-state index in [9.17, 15) is 4.39 Å². The summed E-state index contributed by atoms with van der Waals surface area (Å²) in [6, 6.07) is 4.80. The van der Waals surface area contributed by atoms with Crippen LogP contribution in [-0.4, -0.2) is 9.55 Å². The van der Waals surface area contributed by atoms with E-state index in [2.05, 4.69) is 11.5 Å². The minimum Gasteiger partial charge on any atom is -0.383 e. The van der Waals surface area contributed by atoms with Gasteiger partial charge in [0.2, 0.25) is 0 Å². The Morgan fingerprint density at radius 2 is 2.14 bits per heavy atom. The van der Waals surface area contributed by atoms with Gasteiger partial charge in [-0.1, -0.05) is 19.4 Å². The highest BCUT2D eigenvalue weighted by molar-refractivity contribution is 5.74. The molecule has 1 aliphatic rings. The molecule has 2 aromatic rings. The van der Waals surface area contributed by atoms with Crippen LogP contribution in [0.4, 0.5) is 10.2 Å². The van der Waals surface area contributed by atoms with Gasteiger partial charge in [-0.05, 0) is 43.9 Å². The molecule has 0 unspecified atom stereocenters. The van der Waals surface area contributed by atoms with E-state index in [1.54, 1.807) is 6.07 Å². The fraction of sp³-hybridized carbons (Fsp3) is 0.471. The van der Waals surface area contributed by atoms with E-state index in [1.807, 2.05) is 6.92 Å². The summed E-state index contributed by atoms with van der Waals surface area (Å²) in [5.74, 6) is 2.05. The largest absolute Gasteiger partial charge is 0.383 e. The van der Waals surface area contributed by atoms with Gasteiger partial charge >= 0.3 is 0 Å². The molecule has 3 nitrogen and oxygen atoms in total. The SMILES string of the molecule is CCCCn1c(C2CC2)nc(-c2cc(F)ccc2C)c1N. The second-order valence-electron chi connectivity index (χ2n) is 5.94. The highest BCUT2D eigenvalue weighted by Crippen LogP contribution is 2.42. The van der Waals surface area contributed by atoms with Crippen LogP contribution in [0.5, 0.6) is 0 Å². The number of nitrogens with zero attached hydrogens (tertiary/aromatic N) is 2. The standard InChI is InChI=1S/C17H22FN3/c1-3-4-9-21-16(19)15(20-17(21)12-6-7-12)14-10-13(18)8-5-11(14)2/h5,8,10,12H,3-4,6-7,9,19H2,1-2H3. The number of imidazole rings is 1. The van der Waals surface area contributed by atoms with Crippen molar-refractivity contribution in [1.82, 2.24) is 9.55 Å². The zero-order chi connectivity index (χ0) is 15.0. The third-order valence-electron chi connectivity index (χ3n) is 4.17. The predicted molar refractivity (Wildman–Crippen MR) is 83.7 cm³/mol. The number of halogens is 1. The Labute approximate surface area is 125 Å². The lowest BCUT2D eigenvalue weighted by Gasteiger charge is -2.09. The minimum absolute atomic E-state index is 0.244. The van der Waals surface area contributed by atoms with Crippen LogP contribution in [0.15, 0.2) is 18.2 Å². The molecule has 0 bridgehead atoms. The van der Waals surface area contributed by atoms with Gasteiger partial charge in [-0.15, -0.1) is 0 Å². The zero-order valence-corrected chi connectivity index (χ0v) is 12.7. The van der Waals surface area contributed by atoms with E-state index in [0.717, 1.165) is 42.0 Å². The lowest BCUT2D eigenvalue weighted by Crippen LogP contribution is -2.06. The molecule has 1 saturated carbocycles. The van der Waals surface area contributed by atoms with Crippen molar-refractivity contribution in [2.24, 2.45) is 0 Å². The highest BCUT2D eigenvalue weighted by atomic mass is 19.1. The lowest BCUT2D eigenvalue weighted by atomic mass is 10.1. The number of aryl methyl sites for hydroxylation is 1. The highest BCUT2D eigenvalue weighted by Gasteiger charge is 2.31. The lowest BCUT2D eigenvalue weighted by molar-refractivity contribution is 0.609.